The quantitative estimate of drug-likeness (QED) is 0.765. The molecule has 0 aliphatic carbocycles. The van der Waals surface area contributed by atoms with Gasteiger partial charge in [-0.3, -0.25) is 9.69 Å². The Balaban J connectivity index is 1.70. The average molecular weight is 407 g/mol. The smallest absolute Gasteiger partial charge is 0.410 e. The highest BCUT2D eigenvalue weighted by atomic mass is 35.5. The number of benzene rings is 2. The van der Waals surface area contributed by atoms with E-state index in [1.54, 1.807) is 25.1 Å². The third kappa shape index (κ3) is 4.20. The summed E-state index contributed by atoms with van der Waals surface area (Å²) in [6.45, 7) is 2.35. The van der Waals surface area contributed by atoms with Gasteiger partial charge in [0, 0.05) is 6.54 Å². The molecule has 1 aliphatic heterocycles. The Bertz CT molecular complexity index is 844. The number of nitrogens with one attached hydrogen (secondary N) is 1. The Kier molecular flexibility index (Phi) is 5.92. The molecule has 0 spiro atoms. The molecule has 1 saturated heterocycles. The first kappa shape index (κ1) is 19.5. The van der Waals surface area contributed by atoms with Gasteiger partial charge in [0.05, 0.1) is 15.7 Å². The first-order valence-corrected chi connectivity index (χ1v) is 9.41. The van der Waals surface area contributed by atoms with E-state index in [1.807, 2.05) is 30.3 Å². The maximum atomic E-state index is 12.9. The maximum Gasteiger partial charge on any atom is 0.410 e. The van der Waals surface area contributed by atoms with Crippen LogP contribution < -0.4 is 5.32 Å². The second kappa shape index (κ2) is 8.19. The fraction of sp³-hybridized carbons (Fsp3) is 0.300. The monoisotopic (exact) mass is 406 g/mol. The van der Waals surface area contributed by atoms with Crippen LogP contribution in [0.2, 0.25) is 10.0 Å². The number of carbonyl (C=O) groups excluding carboxylic acids is 2. The lowest BCUT2D eigenvalue weighted by Crippen LogP contribution is -2.53. The van der Waals surface area contributed by atoms with Gasteiger partial charge in [-0.05, 0) is 37.5 Å². The molecule has 1 fully saturated rings. The van der Waals surface area contributed by atoms with Crippen molar-refractivity contribution in [2.24, 2.45) is 0 Å². The highest BCUT2D eigenvalue weighted by Crippen LogP contribution is 2.34. The van der Waals surface area contributed by atoms with E-state index in [0.29, 0.717) is 30.1 Å². The molecule has 0 bridgehead atoms. The normalized spacial score (nSPS) is 19.0. The van der Waals surface area contributed by atoms with Crippen molar-refractivity contribution in [3.63, 3.8) is 0 Å². The fourth-order valence-electron chi connectivity index (χ4n) is 3.15. The second-order valence-electron chi connectivity index (χ2n) is 6.62. The first-order chi connectivity index (χ1) is 12.9. The molecule has 0 aromatic heterocycles. The fourth-order valence-corrected chi connectivity index (χ4v) is 3.49. The van der Waals surface area contributed by atoms with Crippen LogP contribution in [0.1, 0.15) is 25.3 Å². The molecule has 1 atom stereocenters. The van der Waals surface area contributed by atoms with Gasteiger partial charge in [0.25, 0.3) is 0 Å². The van der Waals surface area contributed by atoms with Crippen molar-refractivity contribution in [3.05, 3.63) is 64.1 Å². The van der Waals surface area contributed by atoms with E-state index in [1.165, 1.54) is 4.90 Å². The van der Waals surface area contributed by atoms with Crippen LogP contribution >= 0.6 is 23.2 Å². The van der Waals surface area contributed by atoms with Gasteiger partial charge in [-0.2, -0.15) is 0 Å². The Morgan fingerprint density at radius 2 is 1.89 bits per heavy atom. The molecular weight excluding hydrogens is 387 g/mol. The zero-order valence-electron chi connectivity index (χ0n) is 14.9. The molecule has 1 N–H and O–H groups in total. The Hall–Kier alpha value is -2.24. The highest BCUT2D eigenvalue weighted by Gasteiger charge is 2.46. The van der Waals surface area contributed by atoms with Gasteiger partial charge >= 0.3 is 6.09 Å². The molecule has 5 nitrogen and oxygen atoms in total. The van der Waals surface area contributed by atoms with Gasteiger partial charge in [0.2, 0.25) is 5.91 Å². The van der Waals surface area contributed by atoms with Gasteiger partial charge in [-0.15, -0.1) is 0 Å². The summed E-state index contributed by atoms with van der Waals surface area (Å²) < 4.78 is 5.41. The molecule has 1 unspecified atom stereocenters. The third-order valence-corrected chi connectivity index (χ3v) is 5.57. The van der Waals surface area contributed by atoms with Crippen molar-refractivity contribution >= 4 is 40.9 Å². The van der Waals surface area contributed by atoms with E-state index < -0.39 is 11.6 Å². The van der Waals surface area contributed by atoms with Gasteiger partial charge < -0.3 is 10.1 Å². The standard InChI is InChI=1S/C20H20Cl2N2O3/c1-20(18(25)23-16-10-5-9-15(21)17(16)22)11-6-12-24(20)19(26)27-13-14-7-3-2-4-8-14/h2-5,7-10H,6,11-13H2,1H3,(H,23,25). The molecule has 2 aromatic carbocycles. The zero-order valence-corrected chi connectivity index (χ0v) is 16.4. The van der Waals surface area contributed by atoms with Crippen molar-refractivity contribution in [1.82, 2.24) is 4.90 Å². The van der Waals surface area contributed by atoms with E-state index in [-0.39, 0.29) is 17.5 Å². The number of rotatable bonds is 4. The molecule has 27 heavy (non-hydrogen) atoms. The molecule has 2 amide bonds. The van der Waals surface area contributed by atoms with Gasteiger partial charge in [-0.25, -0.2) is 4.79 Å². The van der Waals surface area contributed by atoms with Crippen molar-refractivity contribution < 1.29 is 14.3 Å². The van der Waals surface area contributed by atoms with E-state index in [9.17, 15) is 9.59 Å². The minimum atomic E-state index is -1.01. The van der Waals surface area contributed by atoms with Gasteiger partial charge in [-0.1, -0.05) is 59.6 Å². The lowest BCUT2D eigenvalue weighted by molar-refractivity contribution is -0.125. The zero-order chi connectivity index (χ0) is 19.4. The molecule has 142 valence electrons. The number of halogens is 2. The Morgan fingerprint density at radius 3 is 2.63 bits per heavy atom. The van der Waals surface area contributed by atoms with E-state index in [2.05, 4.69) is 5.32 Å². The summed E-state index contributed by atoms with van der Waals surface area (Å²) in [6, 6.07) is 14.4. The van der Waals surface area contributed by atoms with Crippen molar-refractivity contribution in [1.29, 1.82) is 0 Å². The number of hydrogen-bond acceptors (Lipinski definition) is 3. The van der Waals surface area contributed by atoms with Crippen LogP contribution in [0.3, 0.4) is 0 Å². The Morgan fingerprint density at radius 1 is 1.15 bits per heavy atom. The summed E-state index contributed by atoms with van der Waals surface area (Å²) in [5.41, 5.74) is 0.293. The number of anilines is 1. The first-order valence-electron chi connectivity index (χ1n) is 8.65. The van der Waals surface area contributed by atoms with E-state index in [0.717, 1.165) is 5.56 Å². The summed E-state index contributed by atoms with van der Waals surface area (Å²) in [7, 11) is 0. The third-order valence-electron chi connectivity index (χ3n) is 4.76. The summed E-state index contributed by atoms with van der Waals surface area (Å²) in [4.78, 5) is 27.0. The average Bonchev–Trinajstić information content (AvgIpc) is 3.07. The molecule has 7 heteroatoms. The molecule has 0 saturated carbocycles. The highest BCUT2D eigenvalue weighted by molar-refractivity contribution is 6.44. The summed E-state index contributed by atoms with van der Waals surface area (Å²) in [5.74, 6) is -0.319. The van der Waals surface area contributed by atoms with Gasteiger partial charge in [0.1, 0.15) is 12.1 Å². The molecule has 2 aromatic rings. The van der Waals surface area contributed by atoms with Crippen LogP contribution in [-0.4, -0.2) is 29.0 Å². The number of ether oxygens (including phenoxy) is 1. The molecule has 3 rings (SSSR count). The predicted octanol–water partition coefficient (Wildman–Crippen LogP) is 5.12. The van der Waals surface area contributed by atoms with Crippen LogP contribution in [0.4, 0.5) is 10.5 Å². The number of carbonyl (C=O) groups is 2. The largest absolute Gasteiger partial charge is 0.445 e. The number of nitrogens with zero attached hydrogens (tertiary/aromatic N) is 1. The van der Waals surface area contributed by atoms with Crippen LogP contribution in [-0.2, 0) is 16.1 Å². The topological polar surface area (TPSA) is 58.6 Å². The minimum absolute atomic E-state index is 0.161. The molecule has 0 radical (unpaired) electrons. The summed E-state index contributed by atoms with van der Waals surface area (Å²) in [5, 5.41) is 3.41. The molecule has 1 heterocycles. The van der Waals surface area contributed by atoms with E-state index in [4.69, 9.17) is 27.9 Å². The summed E-state index contributed by atoms with van der Waals surface area (Å²) in [6.07, 6.45) is 0.747. The van der Waals surface area contributed by atoms with E-state index >= 15 is 0 Å². The minimum Gasteiger partial charge on any atom is -0.445 e. The van der Waals surface area contributed by atoms with Crippen LogP contribution in [0.15, 0.2) is 48.5 Å². The lowest BCUT2D eigenvalue weighted by atomic mass is 9.98. The maximum absolute atomic E-state index is 12.9. The van der Waals surface area contributed by atoms with Crippen molar-refractivity contribution in [3.8, 4) is 0 Å². The molecular formula is C20H20Cl2N2O3. The van der Waals surface area contributed by atoms with Crippen LogP contribution in [0, 0.1) is 0 Å². The van der Waals surface area contributed by atoms with Crippen LogP contribution in [0.5, 0.6) is 0 Å². The lowest BCUT2D eigenvalue weighted by Gasteiger charge is -2.33. The van der Waals surface area contributed by atoms with Crippen molar-refractivity contribution in [2.45, 2.75) is 31.9 Å². The summed E-state index contributed by atoms with van der Waals surface area (Å²) >= 11 is 12.2. The Labute approximate surface area is 168 Å². The number of likely N-dealkylation sites (tertiary alicyclic amines) is 1. The SMILES string of the molecule is CC1(C(=O)Nc2cccc(Cl)c2Cl)CCCN1C(=O)OCc1ccccc1. The predicted molar refractivity (Wildman–Crippen MR) is 106 cm³/mol. The van der Waals surface area contributed by atoms with Crippen molar-refractivity contribution in [2.75, 3.05) is 11.9 Å². The molecule has 1 aliphatic rings. The van der Waals surface area contributed by atoms with Crippen LogP contribution in [0.25, 0.3) is 0 Å². The number of amides is 2. The second-order valence-corrected chi connectivity index (χ2v) is 7.41. The number of hydrogen-bond donors (Lipinski definition) is 1. The van der Waals surface area contributed by atoms with Gasteiger partial charge in [0.15, 0.2) is 0 Å².